The van der Waals surface area contributed by atoms with E-state index < -0.39 is 0 Å². The van der Waals surface area contributed by atoms with Gasteiger partial charge in [0.05, 0.1) is 7.11 Å². The lowest BCUT2D eigenvalue weighted by atomic mass is 10.2. The number of nitrogens with one attached hydrogen (secondary N) is 2. The van der Waals surface area contributed by atoms with Crippen molar-refractivity contribution in [1.29, 1.82) is 0 Å². The molecule has 0 unspecified atom stereocenters. The van der Waals surface area contributed by atoms with Crippen LogP contribution in [0.25, 0.3) is 0 Å². The monoisotopic (exact) mass is 272 g/mol. The Hall–Kier alpha value is -2.63. The number of rotatable bonds is 5. The molecule has 0 saturated carbocycles. The zero-order valence-corrected chi connectivity index (χ0v) is 11.4. The van der Waals surface area contributed by atoms with Gasteiger partial charge in [-0.05, 0) is 23.8 Å². The molecule has 6 heteroatoms. The van der Waals surface area contributed by atoms with Crippen LogP contribution in [-0.2, 0) is 6.54 Å². The number of anilines is 1. The molecule has 0 fully saturated rings. The van der Waals surface area contributed by atoms with Crippen LogP contribution in [-0.4, -0.2) is 30.0 Å². The predicted octanol–water partition coefficient (Wildman–Crippen LogP) is 1.46. The molecule has 2 heterocycles. The fourth-order valence-corrected chi connectivity index (χ4v) is 1.66. The number of hydrogen-bond donors (Lipinski definition) is 2. The van der Waals surface area contributed by atoms with E-state index in [0.29, 0.717) is 23.8 Å². The van der Waals surface area contributed by atoms with Gasteiger partial charge in [0.1, 0.15) is 5.82 Å². The van der Waals surface area contributed by atoms with Gasteiger partial charge in [-0.1, -0.05) is 0 Å². The maximum absolute atomic E-state index is 12.0. The molecule has 104 valence electrons. The maximum Gasteiger partial charge on any atom is 0.251 e. The molecule has 0 aliphatic carbocycles. The first kappa shape index (κ1) is 13.8. The quantitative estimate of drug-likeness (QED) is 0.861. The smallest absolute Gasteiger partial charge is 0.251 e. The van der Waals surface area contributed by atoms with E-state index in [2.05, 4.69) is 20.6 Å². The molecule has 0 aliphatic heterocycles. The number of pyridine rings is 2. The molecule has 0 bridgehead atoms. The molecule has 0 aromatic carbocycles. The number of hydrogen-bond acceptors (Lipinski definition) is 5. The Bertz CT molecular complexity index is 601. The van der Waals surface area contributed by atoms with Gasteiger partial charge in [-0.2, -0.15) is 0 Å². The summed E-state index contributed by atoms with van der Waals surface area (Å²) in [6.07, 6.45) is 3.24. The summed E-state index contributed by atoms with van der Waals surface area (Å²) in [4.78, 5) is 20.1. The van der Waals surface area contributed by atoms with Gasteiger partial charge in [0, 0.05) is 37.6 Å². The van der Waals surface area contributed by atoms with Crippen LogP contribution in [0.1, 0.15) is 15.9 Å². The van der Waals surface area contributed by atoms with Gasteiger partial charge < -0.3 is 15.4 Å². The number of amides is 1. The van der Waals surface area contributed by atoms with Crippen molar-refractivity contribution in [2.75, 3.05) is 19.5 Å². The van der Waals surface area contributed by atoms with E-state index in [1.807, 2.05) is 6.07 Å². The molecule has 2 aromatic rings. The molecule has 0 spiro atoms. The Labute approximate surface area is 117 Å². The van der Waals surface area contributed by atoms with E-state index in [-0.39, 0.29) is 5.91 Å². The van der Waals surface area contributed by atoms with E-state index >= 15 is 0 Å². The SMILES string of the molecule is CNc1cc(C(=O)NCc2ccnc(OC)c2)ccn1. The molecule has 20 heavy (non-hydrogen) atoms. The van der Waals surface area contributed by atoms with Crippen LogP contribution < -0.4 is 15.4 Å². The highest BCUT2D eigenvalue weighted by Gasteiger charge is 2.06. The Morgan fingerprint density at radius 3 is 2.80 bits per heavy atom. The molecule has 0 radical (unpaired) electrons. The van der Waals surface area contributed by atoms with Crippen molar-refractivity contribution in [3.8, 4) is 5.88 Å². The summed E-state index contributed by atoms with van der Waals surface area (Å²) in [7, 11) is 3.31. The lowest BCUT2D eigenvalue weighted by Gasteiger charge is -2.07. The van der Waals surface area contributed by atoms with E-state index in [0.717, 1.165) is 5.56 Å². The number of methoxy groups -OCH3 is 1. The lowest BCUT2D eigenvalue weighted by Crippen LogP contribution is -2.23. The van der Waals surface area contributed by atoms with Crippen LogP contribution in [0.4, 0.5) is 5.82 Å². The predicted molar refractivity (Wildman–Crippen MR) is 75.7 cm³/mol. The second-order valence-electron chi connectivity index (χ2n) is 4.07. The van der Waals surface area contributed by atoms with Crippen LogP contribution in [0, 0.1) is 0 Å². The van der Waals surface area contributed by atoms with Crippen LogP contribution in [0.3, 0.4) is 0 Å². The molecule has 2 aromatic heterocycles. The second-order valence-corrected chi connectivity index (χ2v) is 4.07. The maximum atomic E-state index is 12.0. The zero-order chi connectivity index (χ0) is 14.4. The van der Waals surface area contributed by atoms with Gasteiger partial charge in [0.15, 0.2) is 0 Å². The summed E-state index contributed by atoms with van der Waals surface area (Å²) in [5.74, 6) is 1.03. The molecule has 2 N–H and O–H groups in total. The van der Waals surface area contributed by atoms with Crippen LogP contribution in [0.2, 0.25) is 0 Å². The van der Waals surface area contributed by atoms with Crippen molar-refractivity contribution in [3.05, 3.63) is 47.8 Å². The molecule has 0 saturated heterocycles. The fraction of sp³-hybridized carbons (Fsp3) is 0.214. The van der Waals surface area contributed by atoms with Gasteiger partial charge in [-0.15, -0.1) is 0 Å². The summed E-state index contributed by atoms with van der Waals surface area (Å²) in [6, 6.07) is 6.98. The van der Waals surface area contributed by atoms with Gasteiger partial charge in [-0.25, -0.2) is 9.97 Å². The zero-order valence-electron chi connectivity index (χ0n) is 11.4. The summed E-state index contributed by atoms with van der Waals surface area (Å²) in [5.41, 5.74) is 1.48. The number of carbonyl (C=O) groups excluding carboxylic acids is 1. The van der Waals surface area contributed by atoms with Crippen molar-refractivity contribution in [3.63, 3.8) is 0 Å². The van der Waals surface area contributed by atoms with E-state index in [1.54, 1.807) is 44.8 Å². The van der Waals surface area contributed by atoms with Gasteiger partial charge in [0.2, 0.25) is 5.88 Å². The third kappa shape index (κ3) is 3.44. The largest absolute Gasteiger partial charge is 0.481 e. The molecule has 1 amide bonds. The van der Waals surface area contributed by atoms with Gasteiger partial charge in [0.25, 0.3) is 5.91 Å². The van der Waals surface area contributed by atoms with Crippen molar-refractivity contribution in [2.45, 2.75) is 6.54 Å². The molecule has 2 rings (SSSR count). The van der Waals surface area contributed by atoms with Crippen LogP contribution in [0.15, 0.2) is 36.7 Å². The number of aromatic nitrogens is 2. The highest BCUT2D eigenvalue weighted by molar-refractivity contribution is 5.94. The molecule has 0 atom stereocenters. The minimum atomic E-state index is -0.153. The standard InChI is InChI=1S/C14H16N4O2/c1-15-12-8-11(4-6-16-12)14(19)18-9-10-3-5-17-13(7-10)20-2/h3-8H,9H2,1-2H3,(H,15,16)(H,18,19). The summed E-state index contributed by atoms with van der Waals surface area (Å²) in [6.45, 7) is 0.412. The highest BCUT2D eigenvalue weighted by Crippen LogP contribution is 2.09. The average molecular weight is 272 g/mol. The Kier molecular flexibility index (Phi) is 4.49. The fourth-order valence-electron chi connectivity index (χ4n) is 1.66. The summed E-state index contributed by atoms with van der Waals surface area (Å²) in [5, 5.41) is 5.74. The Morgan fingerprint density at radius 2 is 2.05 bits per heavy atom. The van der Waals surface area contributed by atoms with Crippen molar-refractivity contribution < 1.29 is 9.53 Å². The van der Waals surface area contributed by atoms with E-state index in [1.165, 1.54) is 0 Å². The average Bonchev–Trinajstić information content (AvgIpc) is 2.52. The van der Waals surface area contributed by atoms with Crippen LogP contribution >= 0.6 is 0 Å². The molecule has 6 nitrogen and oxygen atoms in total. The van der Waals surface area contributed by atoms with Crippen molar-refractivity contribution in [1.82, 2.24) is 15.3 Å². The number of ether oxygens (including phenoxy) is 1. The third-order valence-electron chi connectivity index (χ3n) is 2.74. The summed E-state index contributed by atoms with van der Waals surface area (Å²) >= 11 is 0. The van der Waals surface area contributed by atoms with E-state index in [4.69, 9.17) is 4.74 Å². The highest BCUT2D eigenvalue weighted by atomic mass is 16.5. The molecule has 0 aliphatic rings. The second kappa shape index (κ2) is 6.51. The first-order chi connectivity index (χ1) is 9.72. The molecular formula is C14H16N4O2. The van der Waals surface area contributed by atoms with E-state index in [9.17, 15) is 4.79 Å². The topological polar surface area (TPSA) is 76.1 Å². The first-order valence-electron chi connectivity index (χ1n) is 6.14. The minimum Gasteiger partial charge on any atom is -0.481 e. The summed E-state index contributed by atoms with van der Waals surface area (Å²) < 4.78 is 5.04. The third-order valence-corrected chi connectivity index (χ3v) is 2.74. The van der Waals surface area contributed by atoms with Gasteiger partial charge in [-0.3, -0.25) is 4.79 Å². The van der Waals surface area contributed by atoms with Gasteiger partial charge >= 0.3 is 0 Å². The van der Waals surface area contributed by atoms with Crippen molar-refractivity contribution in [2.24, 2.45) is 0 Å². The molecular weight excluding hydrogens is 256 g/mol. The first-order valence-corrected chi connectivity index (χ1v) is 6.14. The van der Waals surface area contributed by atoms with Crippen LogP contribution in [0.5, 0.6) is 5.88 Å². The number of nitrogens with zero attached hydrogens (tertiary/aromatic N) is 2. The van der Waals surface area contributed by atoms with Crippen molar-refractivity contribution >= 4 is 11.7 Å². The lowest BCUT2D eigenvalue weighted by molar-refractivity contribution is 0.0951. The minimum absolute atomic E-state index is 0.153. The Balaban J connectivity index is 2.00. The normalized spacial score (nSPS) is 9.90. The Morgan fingerprint density at radius 1 is 1.25 bits per heavy atom. The number of carbonyl (C=O) groups is 1.